The van der Waals surface area contributed by atoms with Crippen molar-refractivity contribution in [3.05, 3.63) is 65.2 Å². The zero-order valence-corrected chi connectivity index (χ0v) is 20.2. The third kappa shape index (κ3) is 6.79. The standard InChI is InChI=1S/C23H30ClN3O4S/c1-4-21(23(29)25-5-2)27(16-15-18-9-7-6-8-10-18)22(28)17-26(3)32(30,31)20-13-11-19(24)12-14-20/h6-14,21H,4-5,15-17H2,1-3H3,(H,25,29). The number of benzene rings is 2. The average Bonchev–Trinajstić information content (AvgIpc) is 2.77. The Kier molecular flexibility index (Phi) is 9.68. The first-order valence-corrected chi connectivity index (χ1v) is 12.4. The van der Waals surface area contributed by atoms with Crippen LogP contribution >= 0.6 is 11.6 Å². The molecule has 0 bridgehead atoms. The van der Waals surface area contributed by atoms with Crippen molar-refractivity contribution < 1.29 is 18.0 Å². The fraction of sp³-hybridized carbons (Fsp3) is 0.391. The molecule has 0 heterocycles. The first kappa shape index (κ1) is 25.8. The highest BCUT2D eigenvalue weighted by Gasteiger charge is 2.31. The Morgan fingerprint density at radius 1 is 1.03 bits per heavy atom. The quantitative estimate of drug-likeness (QED) is 0.536. The number of sulfonamides is 1. The van der Waals surface area contributed by atoms with Crippen molar-refractivity contribution in [2.45, 2.75) is 37.6 Å². The van der Waals surface area contributed by atoms with Gasteiger partial charge in [-0.15, -0.1) is 0 Å². The summed E-state index contributed by atoms with van der Waals surface area (Å²) in [7, 11) is -2.54. The van der Waals surface area contributed by atoms with Gasteiger partial charge >= 0.3 is 0 Å². The minimum Gasteiger partial charge on any atom is -0.355 e. The number of nitrogens with zero attached hydrogens (tertiary/aromatic N) is 2. The molecule has 0 aliphatic rings. The maximum atomic E-state index is 13.2. The number of amides is 2. The Balaban J connectivity index is 2.23. The molecule has 0 aromatic heterocycles. The molecule has 0 fully saturated rings. The highest BCUT2D eigenvalue weighted by atomic mass is 35.5. The van der Waals surface area contributed by atoms with E-state index in [0.29, 0.717) is 31.0 Å². The number of likely N-dealkylation sites (N-methyl/N-ethyl adjacent to an activating group) is 2. The van der Waals surface area contributed by atoms with Crippen molar-refractivity contribution in [2.24, 2.45) is 0 Å². The summed E-state index contributed by atoms with van der Waals surface area (Å²) in [5, 5.41) is 3.19. The van der Waals surface area contributed by atoms with Crippen LogP contribution in [0.2, 0.25) is 5.02 Å². The van der Waals surface area contributed by atoms with Crippen LogP contribution < -0.4 is 5.32 Å². The molecule has 2 aromatic rings. The fourth-order valence-corrected chi connectivity index (χ4v) is 4.59. The van der Waals surface area contributed by atoms with E-state index in [1.807, 2.05) is 44.2 Å². The van der Waals surface area contributed by atoms with Crippen LogP contribution in [0, 0.1) is 0 Å². The van der Waals surface area contributed by atoms with Crippen LogP contribution in [0.3, 0.4) is 0 Å². The number of nitrogens with one attached hydrogen (secondary N) is 1. The zero-order chi connectivity index (χ0) is 23.7. The number of hydrogen-bond donors (Lipinski definition) is 1. The van der Waals surface area contributed by atoms with Crippen LogP contribution in [0.1, 0.15) is 25.8 Å². The van der Waals surface area contributed by atoms with Crippen molar-refractivity contribution in [1.29, 1.82) is 0 Å². The summed E-state index contributed by atoms with van der Waals surface area (Å²) < 4.78 is 26.8. The van der Waals surface area contributed by atoms with Crippen LogP contribution in [0.25, 0.3) is 0 Å². The van der Waals surface area contributed by atoms with Gasteiger partial charge in [0.15, 0.2) is 0 Å². The monoisotopic (exact) mass is 479 g/mol. The van der Waals surface area contributed by atoms with Gasteiger partial charge in [0.05, 0.1) is 11.4 Å². The minimum absolute atomic E-state index is 0.0452. The smallest absolute Gasteiger partial charge is 0.243 e. The molecule has 7 nitrogen and oxygen atoms in total. The summed E-state index contributed by atoms with van der Waals surface area (Å²) in [6, 6.07) is 14.7. The maximum absolute atomic E-state index is 13.2. The Morgan fingerprint density at radius 3 is 2.22 bits per heavy atom. The van der Waals surface area contributed by atoms with Crippen molar-refractivity contribution in [3.63, 3.8) is 0 Å². The molecule has 32 heavy (non-hydrogen) atoms. The number of carbonyl (C=O) groups excluding carboxylic acids is 2. The van der Waals surface area contributed by atoms with E-state index in [-0.39, 0.29) is 17.3 Å². The Morgan fingerprint density at radius 2 is 1.66 bits per heavy atom. The number of rotatable bonds is 11. The summed E-state index contributed by atoms with van der Waals surface area (Å²) in [4.78, 5) is 27.4. The van der Waals surface area contributed by atoms with Gasteiger partial charge in [-0.3, -0.25) is 9.59 Å². The molecule has 0 spiro atoms. The summed E-state index contributed by atoms with van der Waals surface area (Å²) >= 11 is 5.85. The number of halogens is 1. The lowest BCUT2D eigenvalue weighted by atomic mass is 10.1. The second-order valence-electron chi connectivity index (χ2n) is 7.36. The molecule has 1 atom stereocenters. The van der Waals surface area contributed by atoms with Gasteiger partial charge in [0.25, 0.3) is 0 Å². The molecule has 0 aliphatic carbocycles. The molecule has 1 N–H and O–H groups in total. The van der Waals surface area contributed by atoms with Gasteiger partial charge in [0.2, 0.25) is 21.8 Å². The second-order valence-corrected chi connectivity index (χ2v) is 9.84. The third-order valence-corrected chi connectivity index (χ3v) is 7.17. The molecular formula is C23H30ClN3O4S. The van der Waals surface area contributed by atoms with E-state index in [2.05, 4.69) is 5.32 Å². The number of carbonyl (C=O) groups is 2. The SMILES string of the molecule is CCNC(=O)C(CC)N(CCc1ccccc1)C(=O)CN(C)S(=O)(=O)c1ccc(Cl)cc1. The van der Waals surface area contributed by atoms with Gasteiger partial charge in [-0.1, -0.05) is 48.9 Å². The van der Waals surface area contributed by atoms with E-state index in [0.717, 1.165) is 9.87 Å². The van der Waals surface area contributed by atoms with Crippen molar-refractivity contribution in [2.75, 3.05) is 26.7 Å². The second kappa shape index (κ2) is 12.0. The Bertz CT molecular complexity index is 998. The third-order valence-electron chi connectivity index (χ3n) is 5.10. The summed E-state index contributed by atoms with van der Waals surface area (Å²) in [5.41, 5.74) is 1.03. The lowest BCUT2D eigenvalue weighted by molar-refractivity contribution is -0.140. The summed E-state index contributed by atoms with van der Waals surface area (Å²) in [6.45, 7) is 4.01. The lowest BCUT2D eigenvalue weighted by Crippen LogP contribution is -2.52. The first-order chi connectivity index (χ1) is 15.2. The molecule has 174 valence electrons. The van der Waals surface area contributed by atoms with Gasteiger partial charge in [-0.25, -0.2) is 8.42 Å². The summed E-state index contributed by atoms with van der Waals surface area (Å²) in [6.07, 6.45) is 0.968. The average molecular weight is 480 g/mol. The molecule has 0 aliphatic heterocycles. The highest BCUT2D eigenvalue weighted by Crippen LogP contribution is 2.18. The molecular weight excluding hydrogens is 450 g/mol. The Hall–Kier alpha value is -2.42. The van der Waals surface area contributed by atoms with Crippen LogP contribution in [0.15, 0.2) is 59.5 Å². The Labute approximate surface area is 195 Å². The van der Waals surface area contributed by atoms with Gasteiger partial charge in [0.1, 0.15) is 6.04 Å². The van der Waals surface area contributed by atoms with Crippen molar-refractivity contribution in [3.8, 4) is 0 Å². The topological polar surface area (TPSA) is 86.8 Å². The van der Waals surface area contributed by atoms with Crippen molar-refractivity contribution >= 4 is 33.4 Å². The maximum Gasteiger partial charge on any atom is 0.243 e. The zero-order valence-electron chi connectivity index (χ0n) is 18.6. The van der Waals surface area contributed by atoms with E-state index in [9.17, 15) is 18.0 Å². The largest absolute Gasteiger partial charge is 0.355 e. The molecule has 2 rings (SSSR count). The van der Waals surface area contributed by atoms with Crippen LogP contribution in [0.4, 0.5) is 0 Å². The van der Waals surface area contributed by atoms with Crippen LogP contribution in [0.5, 0.6) is 0 Å². The predicted octanol–water partition coefficient (Wildman–Crippen LogP) is 2.95. The highest BCUT2D eigenvalue weighted by molar-refractivity contribution is 7.89. The van der Waals surface area contributed by atoms with E-state index in [4.69, 9.17) is 11.6 Å². The van der Waals surface area contributed by atoms with E-state index in [1.165, 1.54) is 36.2 Å². The molecule has 2 aromatic carbocycles. The van der Waals surface area contributed by atoms with Gasteiger partial charge < -0.3 is 10.2 Å². The predicted molar refractivity (Wildman–Crippen MR) is 126 cm³/mol. The molecule has 0 radical (unpaired) electrons. The molecule has 0 saturated carbocycles. The first-order valence-electron chi connectivity index (χ1n) is 10.5. The minimum atomic E-state index is -3.89. The molecule has 2 amide bonds. The molecule has 0 saturated heterocycles. The van der Waals surface area contributed by atoms with Gasteiger partial charge in [0, 0.05) is 25.2 Å². The van der Waals surface area contributed by atoms with Gasteiger partial charge in [-0.05, 0) is 49.6 Å². The lowest BCUT2D eigenvalue weighted by Gasteiger charge is -2.31. The summed E-state index contributed by atoms with van der Waals surface area (Å²) in [5.74, 6) is -0.682. The van der Waals surface area contributed by atoms with Crippen molar-refractivity contribution in [1.82, 2.24) is 14.5 Å². The molecule has 1 unspecified atom stereocenters. The normalized spacial score (nSPS) is 12.4. The van der Waals surface area contributed by atoms with E-state index < -0.39 is 22.0 Å². The van der Waals surface area contributed by atoms with Crippen LogP contribution in [-0.4, -0.2) is 62.2 Å². The van der Waals surface area contributed by atoms with Crippen LogP contribution in [-0.2, 0) is 26.0 Å². The van der Waals surface area contributed by atoms with E-state index >= 15 is 0 Å². The molecule has 9 heteroatoms. The fourth-order valence-electron chi connectivity index (χ4n) is 3.34. The van der Waals surface area contributed by atoms with Gasteiger partial charge in [-0.2, -0.15) is 4.31 Å². The number of hydrogen-bond acceptors (Lipinski definition) is 4. The van der Waals surface area contributed by atoms with E-state index in [1.54, 1.807) is 0 Å².